The third kappa shape index (κ3) is 1.12. The number of alkyl halides is 1. The molecule has 0 amide bonds. The Labute approximate surface area is 54.6 Å². The molecule has 1 aromatic heterocycles. The van der Waals surface area contributed by atoms with Gasteiger partial charge in [0.25, 0.3) is 0 Å². The molecule has 1 aromatic rings. The Morgan fingerprint density at radius 2 is 2.71 bits per heavy atom. The number of hydrogen-bond acceptors (Lipinski definition) is 2. The van der Waals surface area contributed by atoms with Crippen molar-refractivity contribution in [3.63, 3.8) is 0 Å². The molecule has 0 bridgehead atoms. The van der Waals surface area contributed by atoms with Crippen molar-refractivity contribution in [3.05, 3.63) is 11.9 Å². The number of hydrogen-bond donors (Lipinski definition) is 1. The molecule has 0 aromatic carbocycles. The highest BCUT2D eigenvalue weighted by atomic mass is 127. The van der Waals surface area contributed by atoms with Gasteiger partial charge in [-0.2, -0.15) is 0 Å². The lowest BCUT2D eigenvalue weighted by Crippen LogP contribution is -1.72. The van der Waals surface area contributed by atoms with Crippen LogP contribution in [0.25, 0.3) is 0 Å². The number of halogens is 1. The van der Waals surface area contributed by atoms with Gasteiger partial charge in [-0.15, -0.1) is 5.10 Å². The standard InChI is InChI=1S/C3H4IN3/c4-1-3-2-5-7-6-3/h2H,1H2,(H,5,6,7). The highest BCUT2D eigenvalue weighted by molar-refractivity contribution is 14.1. The molecule has 0 fully saturated rings. The second kappa shape index (κ2) is 2.25. The second-order valence-corrected chi connectivity index (χ2v) is 1.88. The van der Waals surface area contributed by atoms with E-state index < -0.39 is 0 Å². The van der Waals surface area contributed by atoms with Gasteiger partial charge in [0.05, 0.1) is 11.9 Å². The lowest BCUT2D eigenvalue weighted by molar-refractivity contribution is 0.927. The fraction of sp³-hybridized carbons (Fsp3) is 0.333. The van der Waals surface area contributed by atoms with E-state index in [4.69, 9.17) is 0 Å². The van der Waals surface area contributed by atoms with Crippen molar-refractivity contribution < 1.29 is 0 Å². The van der Waals surface area contributed by atoms with Crippen molar-refractivity contribution in [3.8, 4) is 0 Å². The van der Waals surface area contributed by atoms with E-state index in [2.05, 4.69) is 38.0 Å². The molecule has 0 saturated heterocycles. The minimum absolute atomic E-state index is 0.949. The number of aromatic amines is 1. The molecule has 7 heavy (non-hydrogen) atoms. The summed E-state index contributed by atoms with van der Waals surface area (Å²) in [6.45, 7) is 0. The van der Waals surface area contributed by atoms with Gasteiger partial charge in [-0.1, -0.05) is 27.8 Å². The normalized spacial score (nSPS) is 9.29. The minimum atomic E-state index is 0.949. The van der Waals surface area contributed by atoms with Crippen molar-refractivity contribution >= 4 is 22.6 Å². The summed E-state index contributed by atoms with van der Waals surface area (Å²) in [6.07, 6.45) is 1.71. The van der Waals surface area contributed by atoms with E-state index in [0.717, 1.165) is 10.1 Å². The van der Waals surface area contributed by atoms with Crippen LogP contribution in [0.4, 0.5) is 0 Å². The molecule has 0 atom stereocenters. The van der Waals surface area contributed by atoms with Crippen LogP contribution in [0.15, 0.2) is 6.20 Å². The van der Waals surface area contributed by atoms with Crippen molar-refractivity contribution in [1.82, 2.24) is 15.4 Å². The van der Waals surface area contributed by atoms with Crippen LogP contribution < -0.4 is 0 Å². The first-order chi connectivity index (χ1) is 3.43. The molecular formula is C3H4IN3. The average Bonchev–Trinajstić information content (AvgIpc) is 2.14. The Balaban J connectivity index is 2.76. The Bertz CT molecular complexity index is 125. The van der Waals surface area contributed by atoms with E-state index in [0.29, 0.717) is 0 Å². The van der Waals surface area contributed by atoms with E-state index in [-0.39, 0.29) is 0 Å². The van der Waals surface area contributed by atoms with Crippen molar-refractivity contribution in [2.45, 2.75) is 4.43 Å². The lowest BCUT2D eigenvalue weighted by atomic mass is 10.6. The molecule has 0 aliphatic carbocycles. The second-order valence-electron chi connectivity index (χ2n) is 1.12. The zero-order valence-corrected chi connectivity index (χ0v) is 5.71. The van der Waals surface area contributed by atoms with Crippen molar-refractivity contribution in [1.29, 1.82) is 0 Å². The molecule has 0 spiro atoms. The summed E-state index contributed by atoms with van der Waals surface area (Å²) in [5.74, 6) is 0. The molecule has 0 radical (unpaired) electrons. The van der Waals surface area contributed by atoms with Gasteiger partial charge in [-0.05, 0) is 0 Å². The lowest BCUT2D eigenvalue weighted by Gasteiger charge is -1.75. The van der Waals surface area contributed by atoms with Crippen LogP contribution in [-0.2, 0) is 4.43 Å². The van der Waals surface area contributed by atoms with Crippen molar-refractivity contribution in [2.75, 3.05) is 0 Å². The first-order valence-corrected chi connectivity index (χ1v) is 3.37. The van der Waals surface area contributed by atoms with Crippen LogP contribution in [0, 0.1) is 0 Å². The Hall–Kier alpha value is -0.130. The van der Waals surface area contributed by atoms with Gasteiger partial charge in [0, 0.05) is 4.43 Å². The van der Waals surface area contributed by atoms with Gasteiger partial charge < -0.3 is 0 Å². The van der Waals surface area contributed by atoms with Gasteiger partial charge in [-0.3, -0.25) is 5.10 Å². The topological polar surface area (TPSA) is 41.6 Å². The average molecular weight is 209 g/mol. The number of H-pyrrole nitrogens is 1. The summed E-state index contributed by atoms with van der Waals surface area (Å²) in [4.78, 5) is 0. The highest BCUT2D eigenvalue weighted by Gasteiger charge is 1.85. The Kier molecular flexibility index (Phi) is 1.61. The molecule has 1 N–H and O–H groups in total. The largest absolute Gasteiger partial charge is 0.262 e. The smallest absolute Gasteiger partial charge is 0.0730 e. The zero-order chi connectivity index (χ0) is 5.11. The molecule has 4 heteroatoms. The van der Waals surface area contributed by atoms with Crippen molar-refractivity contribution in [2.24, 2.45) is 0 Å². The molecule has 3 nitrogen and oxygen atoms in total. The van der Waals surface area contributed by atoms with Gasteiger partial charge in [-0.25, -0.2) is 0 Å². The predicted octanol–water partition coefficient (Wildman–Crippen LogP) is 0.740. The molecule has 38 valence electrons. The SMILES string of the molecule is ICc1cnn[nH]1. The van der Waals surface area contributed by atoms with E-state index in [9.17, 15) is 0 Å². The minimum Gasteiger partial charge on any atom is -0.262 e. The molecule has 1 heterocycles. The van der Waals surface area contributed by atoms with Crippen LogP contribution in [0.5, 0.6) is 0 Å². The Morgan fingerprint density at radius 3 is 3.00 bits per heavy atom. The molecule has 1 rings (SSSR count). The van der Waals surface area contributed by atoms with Gasteiger partial charge in [0.2, 0.25) is 0 Å². The molecular weight excluding hydrogens is 205 g/mol. The summed E-state index contributed by atoms with van der Waals surface area (Å²) in [7, 11) is 0. The Morgan fingerprint density at radius 1 is 1.86 bits per heavy atom. The maximum atomic E-state index is 3.58. The molecule has 0 aliphatic heterocycles. The molecule has 0 aliphatic rings. The summed E-state index contributed by atoms with van der Waals surface area (Å²) in [5, 5.41) is 9.81. The highest BCUT2D eigenvalue weighted by Crippen LogP contribution is 1.95. The molecule has 0 saturated carbocycles. The van der Waals surface area contributed by atoms with Crippen LogP contribution in [0.3, 0.4) is 0 Å². The van der Waals surface area contributed by atoms with E-state index in [1.54, 1.807) is 6.20 Å². The zero-order valence-electron chi connectivity index (χ0n) is 3.56. The first-order valence-electron chi connectivity index (χ1n) is 1.84. The molecule has 0 unspecified atom stereocenters. The van der Waals surface area contributed by atoms with E-state index in [1.165, 1.54) is 0 Å². The first kappa shape index (κ1) is 5.02. The quantitative estimate of drug-likeness (QED) is 0.547. The fourth-order valence-corrected chi connectivity index (χ4v) is 0.652. The van der Waals surface area contributed by atoms with Gasteiger partial charge >= 0.3 is 0 Å². The third-order valence-electron chi connectivity index (χ3n) is 0.609. The predicted molar refractivity (Wildman–Crippen MR) is 34.1 cm³/mol. The monoisotopic (exact) mass is 209 g/mol. The number of aromatic nitrogens is 3. The summed E-state index contributed by atoms with van der Waals surface area (Å²) >= 11 is 2.24. The van der Waals surface area contributed by atoms with E-state index >= 15 is 0 Å². The maximum absolute atomic E-state index is 3.58. The van der Waals surface area contributed by atoms with Gasteiger partial charge in [0.1, 0.15) is 0 Å². The van der Waals surface area contributed by atoms with Crippen LogP contribution in [-0.4, -0.2) is 15.4 Å². The summed E-state index contributed by atoms with van der Waals surface area (Å²) in [6, 6.07) is 0. The fourth-order valence-electron chi connectivity index (χ4n) is 0.285. The van der Waals surface area contributed by atoms with Crippen LogP contribution in [0.1, 0.15) is 5.69 Å². The third-order valence-corrected chi connectivity index (χ3v) is 1.43. The summed E-state index contributed by atoms with van der Waals surface area (Å²) in [5.41, 5.74) is 1.07. The number of nitrogens with one attached hydrogen (secondary N) is 1. The number of nitrogens with zero attached hydrogens (tertiary/aromatic N) is 2. The number of rotatable bonds is 1. The summed E-state index contributed by atoms with van der Waals surface area (Å²) < 4.78 is 0.949. The van der Waals surface area contributed by atoms with Crippen LogP contribution in [0.2, 0.25) is 0 Å². The van der Waals surface area contributed by atoms with Gasteiger partial charge in [0.15, 0.2) is 0 Å². The van der Waals surface area contributed by atoms with E-state index in [1.807, 2.05) is 0 Å². The maximum Gasteiger partial charge on any atom is 0.0730 e. The van der Waals surface area contributed by atoms with Crippen LogP contribution >= 0.6 is 22.6 Å².